The van der Waals surface area contributed by atoms with E-state index in [-0.39, 0.29) is 5.56 Å². The first kappa shape index (κ1) is 12.0. The highest BCUT2D eigenvalue weighted by Crippen LogP contribution is 2.50. The molecule has 1 fully saturated rings. The van der Waals surface area contributed by atoms with Gasteiger partial charge in [0, 0.05) is 12.7 Å². The van der Waals surface area contributed by atoms with E-state index < -0.39 is 5.97 Å². The van der Waals surface area contributed by atoms with Crippen molar-refractivity contribution in [2.45, 2.75) is 26.8 Å². The van der Waals surface area contributed by atoms with Crippen molar-refractivity contribution >= 4 is 5.97 Å². The van der Waals surface area contributed by atoms with Gasteiger partial charge >= 0.3 is 5.97 Å². The van der Waals surface area contributed by atoms with Gasteiger partial charge in [-0.15, -0.1) is 0 Å². The maximum Gasteiger partial charge on any atom is 0.337 e. The molecule has 4 nitrogen and oxygen atoms in total. The fourth-order valence-electron chi connectivity index (χ4n) is 1.95. The Morgan fingerprint density at radius 3 is 2.76 bits per heavy atom. The molecule has 0 bridgehead atoms. The second kappa shape index (κ2) is 4.45. The largest absolute Gasteiger partial charge is 0.478 e. The van der Waals surface area contributed by atoms with Crippen LogP contribution in [0.25, 0.3) is 0 Å². The van der Waals surface area contributed by atoms with E-state index in [1.54, 1.807) is 12.1 Å². The zero-order valence-corrected chi connectivity index (χ0v) is 10.2. The number of nitrogens with one attached hydrogen (secondary N) is 1. The Hall–Kier alpha value is -1.42. The van der Waals surface area contributed by atoms with Crippen LogP contribution in [0.3, 0.4) is 0 Å². The average molecular weight is 234 g/mol. The van der Waals surface area contributed by atoms with E-state index in [2.05, 4.69) is 24.1 Å². The van der Waals surface area contributed by atoms with E-state index in [0.717, 1.165) is 18.2 Å². The number of carboxylic acids is 1. The van der Waals surface area contributed by atoms with Gasteiger partial charge in [0.25, 0.3) is 0 Å². The Kier molecular flexibility index (Phi) is 3.15. The van der Waals surface area contributed by atoms with Crippen molar-refractivity contribution in [1.29, 1.82) is 0 Å². The van der Waals surface area contributed by atoms with Crippen LogP contribution in [0.2, 0.25) is 0 Å². The molecule has 17 heavy (non-hydrogen) atoms. The van der Waals surface area contributed by atoms with Gasteiger partial charge in [0.15, 0.2) is 0 Å². The molecule has 1 aliphatic carbocycles. The van der Waals surface area contributed by atoms with Gasteiger partial charge in [0.05, 0.1) is 11.3 Å². The number of hydrogen-bond donors (Lipinski definition) is 2. The van der Waals surface area contributed by atoms with Crippen molar-refractivity contribution in [3.8, 4) is 0 Å². The first-order chi connectivity index (χ1) is 7.99. The summed E-state index contributed by atoms with van der Waals surface area (Å²) in [6, 6.07) is 3.35. The molecular weight excluding hydrogens is 216 g/mol. The minimum Gasteiger partial charge on any atom is -0.478 e. The van der Waals surface area contributed by atoms with Gasteiger partial charge in [0.2, 0.25) is 0 Å². The average Bonchev–Trinajstić information content (AvgIpc) is 2.87. The van der Waals surface area contributed by atoms with Gasteiger partial charge in [-0.1, -0.05) is 13.8 Å². The summed E-state index contributed by atoms with van der Waals surface area (Å²) in [7, 11) is 0. The molecule has 1 aliphatic rings. The quantitative estimate of drug-likeness (QED) is 0.817. The van der Waals surface area contributed by atoms with Crippen LogP contribution in [0.5, 0.6) is 0 Å². The Balaban J connectivity index is 1.78. The third kappa shape index (κ3) is 3.03. The Bertz CT molecular complexity index is 412. The van der Waals surface area contributed by atoms with Crippen molar-refractivity contribution in [2.75, 3.05) is 6.54 Å². The summed E-state index contributed by atoms with van der Waals surface area (Å²) in [6.45, 7) is 6.26. The van der Waals surface area contributed by atoms with E-state index in [1.807, 2.05) is 0 Å². The van der Waals surface area contributed by atoms with Gasteiger partial charge in [-0.2, -0.15) is 0 Å². The van der Waals surface area contributed by atoms with Crippen LogP contribution in [-0.4, -0.2) is 22.6 Å². The van der Waals surface area contributed by atoms with Gasteiger partial charge in [0.1, 0.15) is 0 Å². The third-order valence-corrected chi connectivity index (χ3v) is 3.49. The molecule has 1 aromatic heterocycles. The van der Waals surface area contributed by atoms with Crippen LogP contribution < -0.4 is 5.32 Å². The molecular formula is C13H18N2O2. The second-order valence-corrected chi connectivity index (χ2v) is 5.36. The number of hydrogen-bond acceptors (Lipinski definition) is 3. The fourth-order valence-corrected chi connectivity index (χ4v) is 1.95. The van der Waals surface area contributed by atoms with Crippen molar-refractivity contribution in [3.63, 3.8) is 0 Å². The summed E-state index contributed by atoms with van der Waals surface area (Å²) >= 11 is 0. The molecule has 2 N–H and O–H groups in total. The number of pyridine rings is 1. The molecule has 0 aromatic carbocycles. The molecule has 2 rings (SSSR count). The van der Waals surface area contributed by atoms with Gasteiger partial charge in [-0.25, -0.2) is 4.79 Å². The lowest BCUT2D eigenvalue weighted by atomic mass is 10.1. The topological polar surface area (TPSA) is 62.2 Å². The molecule has 0 amide bonds. The number of aromatic carboxylic acids is 1. The second-order valence-electron chi connectivity index (χ2n) is 5.36. The molecule has 0 saturated heterocycles. The molecule has 1 unspecified atom stereocenters. The van der Waals surface area contributed by atoms with E-state index in [1.165, 1.54) is 12.6 Å². The minimum atomic E-state index is -0.934. The number of carbonyl (C=O) groups is 1. The number of nitrogens with zero attached hydrogens (tertiary/aromatic N) is 1. The zero-order chi connectivity index (χ0) is 12.5. The first-order valence-electron chi connectivity index (χ1n) is 5.88. The van der Waals surface area contributed by atoms with Gasteiger partial charge in [-0.3, -0.25) is 4.98 Å². The molecule has 0 radical (unpaired) electrons. The van der Waals surface area contributed by atoms with Crippen molar-refractivity contribution < 1.29 is 9.90 Å². The van der Waals surface area contributed by atoms with E-state index >= 15 is 0 Å². The van der Waals surface area contributed by atoms with Crippen LogP contribution in [0.1, 0.15) is 36.3 Å². The molecule has 1 saturated carbocycles. The van der Waals surface area contributed by atoms with Crippen LogP contribution in [-0.2, 0) is 6.54 Å². The predicted molar refractivity (Wildman–Crippen MR) is 64.8 cm³/mol. The monoisotopic (exact) mass is 234 g/mol. The van der Waals surface area contributed by atoms with E-state index in [0.29, 0.717) is 12.0 Å². The van der Waals surface area contributed by atoms with Crippen molar-refractivity contribution in [3.05, 3.63) is 29.6 Å². The standard InChI is InChI=1S/C13H18N2O2/c1-13(2)5-10(13)7-14-8-11-4-3-9(6-15-11)12(16)17/h3-4,6,10,14H,5,7-8H2,1-2H3,(H,16,17). The third-order valence-electron chi connectivity index (χ3n) is 3.49. The van der Waals surface area contributed by atoms with E-state index in [4.69, 9.17) is 5.11 Å². The maximum atomic E-state index is 10.6. The smallest absolute Gasteiger partial charge is 0.337 e. The number of carboxylic acid groups (broad SMARTS) is 1. The summed E-state index contributed by atoms with van der Waals surface area (Å²) < 4.78 is 0. The molecule has 92 valence electrons. The molecule has 0 spiro atoms. The van der Waals surface area contributed by atoms with Crippen LogP contribution in [0, 0.1) is 11.3 Å². The van der Waals surface area contributed by atoms with Crippen molar-refractivity contribution in [2.24, 2.45) is 11.3 Å². The first-order valence-corrected chi connectivity index (χ1v) is 5.88. The highest BCUT2D eigenvalue weighted by molar-refractivity contribution is 5.87. The number of aromatic nitrogens is 1. The molecule has 0 aliphatic heterocycles. The highest BCUT2D eigenvalue weighted by Gasteiger charge is 2.44. The van der Waals surface area contributed by atoms with Crippen LogP contribution in [0.4, 0.5) is 0 Å². The highest BCUT2D eigenvalue weighted by atomic mass is 16.4. The van der Waals surface area contributed by atoms with Crippen LogP contribution in [0.15, 0.2) is 18.3 Å². The summed E-state index contributed by atoms with van der Waals surface area (Å²) in [6.07, 6.45) is 2.69. The summed E-state index contributed by atoms with van der Waals surface area (Å²) in [5.41, 5.74) is 1.61. The Labute approximate surface area is 101 Å². The maximum absolute atomic E-state index is 10.6. The zero-order valence-electron chi connectivity index (χ0n) is 10.2. The van der Waals surface area contributed by atoms with Gasteiger partial charge < -0.3 is 10.4 Å². The van der Waals surface area contributed by atoms with Crippen LogP contribution >= 0.6 is 0 Å². The summed E-state index contributed by atoms with van der Waals surface area (Å²) in [4.78, 5) is 14.7. The molecule has 1 heterocycles. The Morgan fingerprint density at radius 2 is 2.29 bits per heavy atom. The van der Waals surface area contributed by atoms with Crippen molar-refractivity contribution in [1.82, 2.24) is 10.3 Å². The van der Waals surface area contributed by atoms with Gasteiger partial charge in [-0.05, 0) is 36.4 Å². The molecule has 1 aromatic rings. The molecule has 1 atom stereocenters. The normalized spacial score (nSPS) is 21.2. The fraction of sp³-hybridized carbons (Fsp3) is 0.538. The predicted octanol–water partition coefficient (Wildman–Crippen LogP) is 1.92. The lowest BCUT2D eigenvalue weighted by molar-refractivity contribution is 0.0696. The number of rotatable bonds is 5. The molecule has 4 heteroatoms. The van der Waals surface area contributed by atoms with E-state index in [9.17, 15) is 4.79 Å². The summed E-state index contributed by atoms with van der Waals surface area (Å²) in [5.74, 6) is -0.169. The lowest BCUT2D eigenvalue weighted by Crippen LogP contribution is -2.18. The summed E-state index contributed by atoms with van der Waals surface area (Å²) in [5, 5.41) is 12.1. The Morgan fingerprint density at radius 1 is 1.59 bits per heavy atom. The SMILES string of the molecule is CC1(C)CC1CNCc1ccc(C(=O)O)cn1. The minimum absolute atomic E-state index is 0.233. The lowest BCUT2D eigenvalue weighted by Gasteiger charge is -2.06.